The second kappa shape index (κ2) is 2.97. The molecule has 0 amide bonds. The summed E-state index contributed by atoms with van der Waals surface area (Å²) in [6, 6.07) is 2.08. The van der Waals surface area contributed by atoms with Crippen molar-refractivity contribution in [3.8, 4) is 0 Å². The Bertz CT molecular complexity index is 320. The third-order valence-corrected chi connectivity index (χ3v) is 2.09. The Morgan fingerprint density at radius 3 is 3.00 bits per heavy atom. The number of rotatable bonds is 1. The minimum absolute atomic E-state index is 0.483. The number of allylic oxidation sites excluding steroid dienone is 4. The van der Waals surface area contributed by atoms with Crippen LogP contribution in [0, 0.1) is 0 Å². The Kier molecular flexibility index (Phi) is 1.82. The molecule has 2 heteroatoms. The quantitative estimate of drug-likeness (QED) is 0.614. The van der Waals surface area contributed by atoms with Crippen molar-refractivity contribution in [3.05, 3.63) is 42.3 Å². The minimum Gasteiger partial charge on any atom is -0.276 e. The molecule has 12 heavy (non-hydrogen) atoms. The van der Waals surface area contributed by atoms with Gasteiger partial charge in [-0.15, -0.1) is 0 Å². The fourth-order valence-corrected chi connectivity index (χ4v) is 1.43. The lowest BCUT2D eigenvalue weighted by Gasteiger charge is -2.08. The second-order valence-electron chi connectivity index (χ2n) is 3.07. The number of hydrogen-bond acceptors (Lipinski definition) is 1. The Hall–Kier alpha value is -1.31. The van der Waals surface area contributed by atoms with Crippen LogP contribution in [-0.4, -0.2) is 9.78 Å². The number of hydrogen-bond donors (Lipinski definition) is 0. The molecule has 1 aliphatic rings. The van der Waals surface area contributed by atoms with E-state index in [1.807, 2.05) is 17.9 Å². The van der Waals surface area contributed by atoms with Crippen molar-refractivity contribution in [1.29, 1.82) is 0 Å². The van der Waals surface area contributed by atoms with Crippen LogP contribution >= 0.6 is 0 Å². The molecule has 2 nitrogen and oxygen atoms in total. The van der Waals surface area contributed by atoms with Gasteiger partial charge in [-0.2, -0.15) is 5.10 Å². The van der Waals surface area contributed by atoms with Gasteiger partial charge in [-0.1, -0.05) is 24.3 Å². The van der Waals surface area contributed by atoms with Gasteiger partial charge in [0.05, 0.1) is 5.69 Å². The molecule has 1 aromatic rings. The van der Waals surface area contributed by atoms with Crippen molar-refractivity contribution < 1.29 is 0 Å². The summed E-state index contributed by atoms with van der Waals surface area (Å²) in [5, 5.41) is 4.37. The van der Waals surface area contributed by atoms with Gasteiger partial charge in [-0.25, -0.2) is 0 Å². The monoisotopic (exact) mass is 160 g/mol. The fourth-order valence-electron chi connectivity index (χ4n) is 1.43. The SMILES string of the molecule is Cn1ccc(C2C=CC=CC2)n1. The highest BCUT2D eigenvalue weighted by Crippen LogP contribution is 2.22. The van der Waals surface area contributed by atoms with Gasteiger partial charge in [-0.3, -0.25) is 4.68 Å². The third kappa shape index (κ3) is 1.33. The highest BCUT2D eigenvalue weighted by atomic mass is 15.2. The van der Waals surface area contributed by atoms with E-state index in [0.717, 1.165) is 12.1 Å². The second-order valence-corrected chi connectivity index (χ2v) is 3.07. The predicted molar refractivity (Wildman–Crippen MR) is 48.8 cm³/mol. The smallest absolute Gasteiger partial charge is 0.0696 e. The summed E-state index contributed by atoms with van der Waals surface area (Å²) >= 11 is 0. The highest BCUT2D eigenvalue weighted by Gasteiger charge is 2.10. The standard InChI is InChI=1S/C10H12N2/c1-12-8-7-10(11-12)9-5-3-2-4-6-9/h2-5,7-9H,6H2,1H3. The van der Waals surface area contributed by atoms with Crippen LogP contribution in [0.3, 0.4) is 0 Å². The molecule has 2 rings (SSSR count). The molecule has 0 spiro atoms. The molecule has 0 aromatic carbocycles. The van der Waals surface area contributed by atoms with Crippen molar-refractivity contribution in [2.45, 2.75) is 12.3 Å². The van der Waals surface area contributed by atoms with Crippen molar-refractivity contribution in [2.75, 3.05) is 0 Å². The van der Waals surface area contributed by atoms with Crippen LogP contribution in [0.25, 0.3) is 0 Å². The van der Waals surface area contributed by atoms with E-state index < -0.39 is 0 Å². The van der Waals surface area contributed by atoms with Crippen LogP contribution in [0.15, 0.2) is 36.6 Å². The molecular weight excluding hydrogens is 148 g/mol. The molecule has 0 saturated carbocycles. The zero-order chi connectivity index (χ0) is 8.39. The van der Waals surface area contributed by atoms with E-state index in [4.69, 9.17) is 0 Å². The Morgan fingerprint density at radius 1 is 1.50 bits per heavy atom. The van der Waals surface area contributed by atoms with Gasteiger partial charge in [-0.05, 0) is 12.5 Å². The van der Waals surface area contributed by atoms with Crippen LogP contribution in [0.2, 0.25) is 0 Å². The largest absolute Gasteiger partial charge is 0.276 e. The van der Waals surface area contributed by atoms with Gasteiger partial charge in [0, 0.05) is 19.2 Å². The number of aryl methyl sites for hydroxylation is 1. The lowest BCUT2D eigenvalue weighted by Crippen LogP contribution is -1.98. The third-order valence-electron chi connectivity index (χ3n) is 2.09. The number of nitrogens with zero attached hydrogens (tertiary/aromatic N) is 2. The first-order valence-electron chi connectivity index (χ1n) is 4.19. The van der Waals surface area contributed by atoms with Gasteiger partial charge in [0.25, 0.3) is 0 Å². The summed E-state index contributed by atoms with van der Waals surface area (Å²) < 4.78 is 1.85. The van der Waals surface area contributed by atoms with Crippen molar-refractivity contribution >= 4 is 0 Å². The maximum Gasteiger partial charge on any atom is 0.0696 e. The van der Waals surface area contributed by atoms with Crippen molar-refractivity contribution in [2.24, 2.45) is 7.05 Å². The Morgan fingerprint density at radius 2 is 2.42 bits per heavy atom. The molecular formula is C10H12N2. The Labute approximate surface area is 72.2 Å². The molecule has 62 valence electrons. The minimum atomic E-state index is 0.483. The molecule has 0 saturated heterocycles. The van der Waals surface area contributed by atoms with Gasteiger partial charge < -0.3 is 0 Å². The van der Waals surface area contributed by atoms with E-state index >= 15 is 0 Å². The molecule has 0 bridgehead atoms. The van der Waals surface area contributed by atoms with Gasteiger partial charge in [0.15, 0.2) is 0 Å². The van der Waals surface area contributed by atoms with Crippen LogP contribution in [-0.2, 0) is 7.05 Å². The van der Waals surface area contributed by atoms with Crippen LogP contribution in [0.4, 0.5) is 0 Å². The summed E-state index contributed by atoms with van der Waals surface area (Å²) in [4.78, 5) is 0. The predicted octanol–water partition coefficient (Wildman–Crippen LogP) is 2.02. The fraction of sp³-hybridized carbons (Fsp3) is 0.300. The summed E-state index contributed by atoms with van der Waals surface area (Å²) in [7, 11) is 1.95. The van der Waals surface area contributed by atoms with E-state index in [2.05, 4.69) is 35.5 Å². The molecule has 1 aliphatic carbocycles. The Balaban J connectivity index is 2.20. The van der Waals surface area contributed by atoms with Crippen molar-refractivity contribution in [1.82, 2.24) is 9.78 Å². The van der Waals surface area contributed by atoms with E-state index in [9.17, 15) is 0 Å². The summed E-state index contributed by atoms with van der Waals surface area (Å²) in [5.74, 6) is 0.483. The maximum atomic E-state index is 4.37. The summed E-state index contributed by atoms with van der Waals surface area (Å²) in [6.07, 6.45) is 11.6. The van der Waals surface area contributed by atoms with Gasteiger partial charge in [0.2, 0.25) is 0 Å². The first kappa shape index (κ1) is 7.35. The molecule has 1 aromatic heterocycles. The average molecular weight is 160 g/mol. The first-order valence-corrected chi connectivity index (χ1v) is 4.19. The van der Waals surface area contributed by atoms with E-state index in [1.54, 1.807) is 0 Å². The topological polar surface area (TPSA) is 17.8 Å². The summed E-state index contributed by atoms with van der Waals surface area (Å²) in [5.41, 5.74) is 1.16. The lowest BCUT2D eigenvalue weighted by atomic mass is 9.98. The highest BCUT2D eigenvalue weighted by molar-refractivity contribution is 5.22. The average Bonchev–Trinajstić information content (AvgIpc) is 2.54. The van der Waals surface area contributed by atoms with Crippen LogP contribution in [0.5, 0.6) is 0 Å². The molecule has 0 aliphatic heterocycles. The molecule has 0 fully saturated rings. The lowest BCUT2D eigenvalue weighted by molar-refractivity contribution is 0.713. The van der Waals surface area contributed by atoms with Crippen LogP contribution in [0.1, 0.15) is 18.0 Å². The molecule has 0 N–H and O–H groups in total. The van der Waals surface area contributed by atoms with E-state index in [-0.39, 0.29) is 0 Å². The zero-order valence-electron chi connectivity index (χ0n) is 7.14. The normalized spacial score (nSPS) is 21.6. The van der Waals surface area contributed by atoms with Gasteiger partial charge in [0.1, 0.15) is 0 Å². The van der Waals surface area contributed by atoms with Gasteiger partial charge >= 0.3 is 0 Å². The first-order chi connectivity index (χ1) is 5.86. The molecule has 1 heterocycles. The van der Waals surface area contributed by atoms with Crippen LogP contribution < -0.4 is 0 Å². The van der Waals surface area contributed by atoms with Crippen molar-refractivity contribution in [3.63, 3.8) is 0 Å². The molecule has 1 atom stereocenters. The zero-order valence-corrected chi connectivity index (χ0v) is 7.14. The maximum absolute atomic E-state index is 4.37. The molecule has 1 unspecified atom stereocenters. The van der Waals surface area contributed by atoms with E-state index in [1.165, 1.54) is 0 Å². The van der Waals surface area contributed by atoms with E-state index in [0.29, 0.717) is 5.92 Å². The summed E-state index contributed by atoms with van der Waals surface area (Å²) in [6.45, 7) is 0. The number of aromatic nitrogens is 2. The molecule has 0 radical (unpaired) electrons.